The van der Waals surface area contributed by atoms with E-state index in [1.165, 1.54) is 29.2 Å². The number of nitrogens with one attached hydrogen (secondary N) is 1. The highest BCUT2D eigenvalue weighted by Gasteiger charge is 2.34. The predicted octanol–water partition coefficient (Wildman–Crippen LogP) is 7.14. The van der Waals surface area contributed by atoms with Crippen LogP contribution in [0.3, 0.4) is 0 Å². The summed E-state index contributed by atoms with van der Waals surface area (Å²) in [7, 11) is 0. The molecule has 0 bridgehead atoms. The Hall–Kier alpha value is -5.06. The Morgan fingerprint density at radius 1 is 1.02 bits per heavy atom. The fourth-order valence-electron chi connectivity index (χ4n) is 4.14. The van der Waals surface area contributed by atoms with Gasteiger partial charge in [0, 0.05) is 11.3 Å². The number of anilines is 2. The van der Waals surface area contributed by atoms with E-state index in [4.69, 9.17) is 4.74 Å². The molecule has 46 heavy (non-hydrogen) atoms. The van der Waals surface area contributed by atoms with E-state index in [-0.39, 0.29) is 28.1 Å². The minimum absolute atomic E-state index is 0.0260. The number of thioether (sulfide) groups is 1. The van der Waals surface area contributed by atoms with Crippen molar-refractivity contribution in [2.75, 3.05) is 22.6 Å². The van der Waals surface area contributed by atoms with Gasteiger partial charge in [-0.15, -0.1) is 18.3 Å². The standard InChI is InChI=1S/C29H22F6N6O4S/c1-17-2-11-23(44-13-12-28(30,31)32)22(14-17)41-24(42)15-46-27(41)38-26(43)37-19-5-3-18(4-6-19)25-36-16-40(39-25)20-7-9-21(10-8-20)45-29(33,34)35/h2-11,14,16H,12-13,15H2,1H3,(H,37,43)/b38-27-. The number of hydrogen-bond donors (Lipinski definition) is 1. The van der Waals surface area contributed by atoms with E-state index >= 15 is 0 Å². The number of aliphatic imine (C=N–C) groups is 1. The molecule has 1 aromatic heterocycles. The van der Waals surface area contributed by atoms with Gasteiger partial charge in [-0.05, 0) is 73.2 Å². The van der Waals surface area contributed by atoms with Crippen LogP contribution in [0, 0.1) is 6.92 Å². The number of carbonyl (C=O) groups excluding carboxylic acids is 2. The fourth-order valence-corrected chi connectivity index (χ4v) is 5.00. The molecule has 1 saturated heterocycles. The second-order valence-corrected chi connectivity index (χ2v) is 10.6. The molecule has 5 rings (SSSR count). The smallest absolute Gasteiger partial charge is 0.491 e. The molecule has 1 fully saturated rings. The van der Waals surface area contributed by atoms with Gasteiger partial charge in [-0.25, -0.2) is 14.5 Å². The molecule has 0 aliphatic carbocycles. The highest BCUT2D eigenvalue weighted by molar-refractivity contribution is 8.15. The average Bonchev–Trinajstić information content (AvgIpc) is 3.60. The minimum atomic E-state index is -4.80. The molecule has 1 N–H and O–H groups in total. The number of ether oxygens (including phenoxy) is 2. The third-order valence-electron chi connectivity index (χ3n) is 6.18. The molecule has 1 aliphatic rings. The summed E-state index contributed by atoms with van der Waals surface area (Å²) in [5.41, 5.74) is 2.25. The molecule has 240 valence electrons. The number of amidine groups is 1. The average molecular weight is 665 g/mol. The fraction of sp³-hybridized carbons (Fsp3) is 0.207. The van der Waals surface area contributed by atoms with Crippen molar-refractivity contribution in [1.82, 2.24) is 14.8 Å². The highest BCUT2D eigenvalue weighted by Crippen LogP contribution is 2.36. The van der Waals surface area contributed by atoms with Crippen LogP contribution in [0.1, 0.15) is 12.0 Å². The van der Waals surface area contributed by atoms with E-state index in [2.05, 4.69) is 25.1 Å². The number of carbonyl (C=O) groups is 2. The molecule has 0 unspecified atom stereocenters. The SMILES string of the molecule is Cc1ccc(OCCC(F)(F)F)c(N2C(=O)CS/C2=N\C(=O)Nc2ccc(-c3ncn(-c4ccc(OC(F)(F)F)cc4)n3)cc2)c1. The molecule has 3 aromatic carbocycles. The van der Waals surface area contributed by atoms with E-state index in [1.54, 1.807) is 43.3 Å². The molecule has 10 nitrogen and oxygen atoms in total. The second-order valence-electron chi connectivity index (χ2n) is 9.66. The summed E-state index contributed by atoms with van der Waals surface area (Å²) in [6.45, 7) is 1.08. The van der Waals surface area contributed by atoms with Crippen molar-refractivity contribution in [2.24, 2.45) is 4.99 Å². The Kier molecular flexibility index (Phi) is 9.22. The molecule has 1 aliphatic heterocycles. The molecule has 2 heterocycles. The molecule has 0 radical (unpaired) electrons. The van der Waals surface area contributed by atoms with Gasteiger partial charge in [0.2, 0.25) is 5.91 Å². The first-order chi connectivity index (χ1) is 21.7. The topological polar surface area (TPSA) is 111 Å². The van der Waals surface area contributed by atoms with E-state index in [9.17, 15) is 35.9 Å². The van der Waals surface area contributed by atoms with Gasteiger partial charge in [0.1, 0.15) is 17.8 Å². The molecular weight excluding hydrogens is 642 g/mol. The lowest BCUT2D eigenvalue weighted by Gasteiger charge is -2.20. The molecular formula is C29H22F6N6O4S. The van der Waals surface area contributed by atoms with Crippen molar-refractivity contribution in [3.05, 3.63) is 78.6 Å². The van der Waals surface area contributed by atoms with E-state index in [1.807, 2.05) is 0 Å². The number of nitrogens with zero attached hydrogens (tertiary/aromatic N) is 5. The van der Waals surface area contributed by atoms with Crippen molar-refractivity contribution >= 4 is 40.2 Å². The number of benzene rings is 3. The van der Waals surface area contributed by atoms with Gasteiger partial charge < -0.3 is 14.8 Å². The van der Waals surface area contributed by atoms with Gasteiger partial charge >= 0.3 is 18.6 Å². The van der Waals surface area contributed by atoms with Crippen LogP contribution in [-0.2, 0) is 4.79 Å². The van der Waals surface area contributed by atoms with Gasteiger partial charge in [0.25, 0.3) is 0 Å². The maximum atomic E-state index is 12.8. The maximum absolute atomic E-state index is 12.8. The highest BCUT2D eigenvalue weighted by atomic mass is 32.2. The van der Waals surface area contributed by atoms with Gasteiger partial charge in [0.05, 0.1) is 30.2 Å². The van der Waals surface area contributed by atoms with Crippen LogP contribution in [0.5, 0.6) is 11.5 Å². The lowest BCUT2D eigenvalue weighted by Crippen LogP contribution is -2.31. The Labute approximate surface area is 261 Å². The van der Waals surface area contributed by atoms with Crippen LogP contribution in [0.2, 0.25) is 0 Å². The molecule has 4 aromatic rings. The van der Waals surface area contributed by atoms with Gasteiger partial charge in [-0.3, -0.25) is 9.69 Å². The van der Waals surface area contributed by atoms with Crippen LogP contribution >= 0.6 is 11.8 Å². The zero-order chi connectivity index (χ0) is 33.1. The third-order valence-corrected chi connectivity index (χ3v) is 7.11. The van der Waals surface area contributed by atoms with Crippen molar-refractivity contribution in [3.8, 4) is 28.6 Å². The van der Waals surface area contributed by atoms with Gasteiger partial charge in [-0.1, -0.05) is 17.8 Å². The van der Waals surface area contributed by atoms with Crippen molar-refractivity contribution in [2.45, 2.75) is 25.9 Å². The zero-order valence-corrected chi connectivity index (χ0v) is 24.4. The number of aryl methyl sites for hydroxylation is 1. The first-order valence-corrected chi connectivity index (χ1v) is 14.3. The number of amides is 3. The lowest BCUT2D eigenvalue weighted by atomic mass is 10.2. The summed E-state index contributed by atoms with van der Waals surface area (Å²) in [5.74, 6) is -0.500. The largest absolute Gasteiger partial charge is 0.573 e. The number of aromatic nitrogens is 3. The first-order valence-electron chi connectivity index (χ1n) is 13.3. The van der Waals surface area contributed by atoms with Gasteiger partial charge in [0.15, 0.2) is 11.0 Å². The number of rotatable bonds is 8. The Morgan fingerprint density at radius 3 is 2.41 bits per heavy atom. The Morgan fingerprint density at radius 2 is 1.74 bits per heavy atom. The number of urea groups is 1. The molecule has 0 spiro atoms. The van der Waals surface area contributed by atoms with Crippen molar-refractivity contribution in [1.29, 1.82) is 0 Å². The number of alkyl halides is 6. The number of halogens is 6. The summed E-state index contributed by atoms with van der Waals surface area (Å²) >= 11 is 0.992. The number of hydrogen-bond acceptors (Lipinski definition) is 7. The normalized spacial score (nSPS) is 14.5. The van der Waals surface area contributed by atoms with Crippen molar-refractivity contribution in [3.63, 3.8) is 0 Å². The first kappa shape index (κ1) is 32.3. The summed E-state index contributed by atoms with van der Waals surface area (Å²) in [6.07, 6.45) is -9.02. The molecule has 0 saturated carbocycles. The van der Waals surface area contributed by atoms with Gasteiger partial charge in [-0.2, -0.15) is 18.2 Å². The summed E-state index contributed by atoms with van der Waals surface area (Å²) in [4.78, 5) is 34.9. The van der Waals surface area contributed by atoms with Crippen molar-refractivity contribution < 1.29 is 45.4 Å². The monoisotopic (exact) mass is 664 g/mol. The quantitative estimate of drug-likeness (QED) is 0.199. The molecule has 0 atom stereocenters. The van der Waals surface area contributed by atoms with E-state index < -0.39 is 37.5 Å². The minimum Gasteiger partial charge on any atom is -0.491 e. The lowest BCUT2D eigenvalue weighted by molar-refractivity contribution is -0.274. The van der Waals surface area contributed by atoms with Crippen LogP contribution in [0.15, 0.2) is 78.0 Å². The summed E-state index contributed by atoms with van der Waals surface area (Å²) in [5, 5.41) is 6.95. The summed E-state index contributed by atoms with van der Waals surface area (Å²) < 4.78 is 85.7. The maximum Gasteiger partial charge on any atom is 0.573 e. The van der Waals surface area contributed by atoms with Crippen LogP contribution in [-0.4, -0.2) is 56.8 Å². The molecule has 3 amide bonds. The van der Waals surface area contributed by atoms with E-state index in [0.29, 0.717) is 28.3 Å². The Balaban J connectivity index is 1.26. The van der Waals surface area contributed by atoms with Crippen LogP contribution in [0.4, 0.5) is 42.5 Å². The predicted molar refractivity (Wildman–Crippen MR) is 157 cm³/mol. The second kappa shape index (κ2) is 13.1. The molecule has 17 heteroatoms. The van der Waals surface area contributed by atoms with Crippen LogP contribution < -0.4 is 19.7 Å². The Bertz CT molecular complexity index is 1760. The zero-order valence-electron chi connectivity index (χ0n) is 23.6. The van der Waals surface area contributed by atoms with Crippen LogP contribution in [0.25, 0.3) is 17.1 Å². The van der Waals surface area contributed by atoms with E-state index in [0.717, 1.165) is 28.8 Å². The third kappa shape index (κ3) is 8.35. The summed E-state index contributed by atoms with van der Waals surface area (Å²) in [6, 6.07) is 15.3.